The zero-order valence-corrected chi connectivity index (χ0v) is 7.12. The Balaban J connectivity index is 2.78. The lowest BCUT2D eigenvalue weighted by molar-refractivity contribution is -0.0622. The van der Waals surface area contributed by atoms with Crippen LogP contribution in [0, 0.1) is 0 Å². The minimum Gasteiger partial charge on any atom is -0.411 e. The lowest BCUT2D eigenvalue weighted by atomic mass is 10.1. The third-order valence-electron chi connectivity index (χ3n) is 1.66. The number of benzene rings is 1. The molecule has 0 bridgehead atoms. The largest absolute Gasteiger partial charge is 0.433 e. The number of nitrogens with zero attached hydrogens (tertiary/aromatic N) is 1. The van der Waals surface area contributed by atoms with Gasteiger partial charge in [-0.3, -0.25) is 0 Å². The number of rotatable bonds is 2. The molecule has 0 amide bonds. The van der Waals surface area contributed by atoms with E-state index >= 15 is 0 Å². The average molecular weight is 203 g/mol. The fraction of sp³-hybridized carbons (Fsp3) is 0.222. The van der Waals surface area contributed by atoms with Crippen LogP contribution in [0.25, 0.3) is 0 Å². The predicted octanol–water partition coefficient (Wildman–Crippen LogP) is 2.62. The van der Waals surface area contributed by atoms with Crippen LogP contribution in [0.2, 0.25) is 0 Å². The van der Waals surface area contributed by atoms with Crippen LogP contribution in [0.5, 0.6) is 0 Å². The number of hydrogen-bond donors (Lipinski definition) is 1. The molecule has 0 saturated carbocycles. The normalized spacial score (nSPS) is 12.9. The Morgan fingerprint density at radius 1 is 1.21 bits per heavy atom. The fourth-order valence-electron chi connectivity index (χ4n) is 0.981. The van der Waals surface area contributed by atoms with E-state index in [-0.39, 0.29) is 0 Å². The van der Waals surface area contributed by atoms with E-state index in [4.69, 9.17) is 5.21 Å². The standard InChI is InChI=1S/C9H8F3NO/c10-9(11,12)8(13-14)6-7-4-2-1-3-5-7/h1-5,14H,6H2/b13-8-. The van der Waals surface area contributed by atoms with Gasteiger partial charge in [0, 0.05) is 6.42 Å². The Morgan fingerprint density at radius 2 is 1.79 bits per heavy atom. The maximum absolute atomic E-state index is 12.1. The van der Waals surface area contributed by atoms with Crippen LogP contribution in [-0.2, 0) is 6.42 Å². The zero-order chi connectivity index (χ0) is 10.6. The Kier molecular flexibility index (Phi) is 3.11. The van der Waals surface area contributed by atoms with E-state index in [1.54, 1.807) is 18.2 Å². The molecule has 0 aliphatic rings. The first-order valence-corrected chi connectivity index (χ1v) is 3.86. The molecule has 1 rings (SSSR count). The van der Waals surface area contributed by atoms with E-state index in [0.29, 0.717) is 5.56 Å². The highest BCUT2D eigenvalue weighted by molar-refractivity contribution is 5.90. The van der Waals surface area contributed by atoms with E-state index in [1.807, 2.05) is 0 Å². The molecule has 76 valence electrons. The third kappa shape index (κ3) is 2.76. The van der Waals surface area contributed by atoms with E-state index in [2.05, 4.69) is 5.16 Å². The molecule has 0 fully saturated rings. The third-order valence-corrected chi connectivity index (χ3v) is 1.66. The molecule has 1 aromatic rings. The lowest BCUT2D eigenvalue weighted by Crippen LogP contribution is -2.25. The summed E-state index contributed by atoms with van der Waals surface area (Å²) >= 11 is 0. The van der Waals surface area contributed by atoms with Gasteiger partial charge in [0.2, 0.25) is 0 Å². The average Bonchev–Trinajstić information content (AvgIpc) is 2.14. The Bertz CT molecular complexity index is 319. The van der Waals surface area contributed by atoms with Gasteiger partial charge in [0.15, 0.2) is 5.71 Å². The van der Waals surface area contributed by atoms with Gasteiger partial charge >= 0.3 is 6.18 Å². The summed E-state index contributed by atoms with van der Waals surface area (Å²) < 4.78 is 36.3. The molecule has 0 saturated heterocycles. The molecule has 1 N–H and O–H groups in total. The number of halogens is 3. The molecule has 0 aliphatic carbocycles. The van der Waals surface area contributed by atoms with Crippen molar-refractivity contribution >= 4 is 5.71 Å². The molecule has 0 atom stereocenters. The van der Waals surface area contributed by atoms with Crippen LogP contribution < -0.4 is 0 Å². The summed E-state index contributed by atoms with van der Waals surface area (Å²) in [6.07, 6.45) is -4.99. The molecular weight excluding hydrogens is 195 g/mol. The first-order chi connectivity index (χ1) is 6.54. The van der Waals surface area contributed by atoms with Gasteiger partial charge in [-0.05, 0) is 5.56 Å². The van der Waals surface area contributed by atoms with E-state index < -0.39 is 18.3 Å². The summed E-state index contributed by atoms with van der Waals surface area (Å²) in [5.41, 5.74) is -0.735. The summed E-state index contributed by atoms with van der Waals surface area (Å²) in [5.74, 6) is 0. The maximum Gasteiger partial charge on any atom is 0.433 e. The number of hydrogen-bond acceptors (Lipinski definition) is 2. The minimum atomic E-state index is -4.58. The highest BCUT2D eigenvalue weighted by atomic mass is 19.4. The summed E-state index contributed by atoms with van der Waals surface area (Å²) in [6, 6.07) is 8.03. The highest BCUT2D eigenvalue weighted by Crippen LogP contribution is 2.19. The van der Waals surface area contributed by atoms with E-state index in [1.165, 1.54) is 12.1 Å². The van der Waals surface area contributed by atoms with Crippen LogP contribution >= 0.6 is 0 Å². The van der Waals surface area contributed by atoms with Crippen molar-refractivity contribution in [1.82, 2.24) is 0 Å². The monoisotopic (exact) mass is 203 g/mol. The van der Waals surface area contributed by atoms with Crippen molar-refractivity contribution in [3.05, 3.63) is 35.9 Å². The summed E-state index contributed by atoms with van der Waals surface area (Å²) in [4.78, 5) is 0. The molecule has 2 nitrogen and oxygen atoms in total. The molecule has 0 spiro atoms. The fourth-order valence-corrected chi connectivity index (χ4v) is 0.981. The predicted molar refractivity (Wildman–Crippen MR) is 45.4 cm³/mol. The molecule has 0 unspecified atom stereocenters. The minimum absolute atomic E-state index is 0.416. The van der Waals surface area contributed by atoms with Crippen molar-refractivity contribution in [2.45, 2.75) is 12.6 Å². The molecule has 0 radical (unpaired) electrons. The summed E-state index contributed by atoms with van der Waals surface area (Å²) in [7, 11) is 0. The van der Waals surface area contributed by atoms with Gasteiger partial charge in [-0.2, -0.15) is 13.2 Å². The van der Waals surface area contributed by atoms with Gasteiger partial charge < -0.3 is 5.21 Å². The molecule has 0 aromatic heterocycles. The van der Waals surface area contributed by atoms with Crippen molar-refractivity contribution in [3.8, 4) is 0 Å². The van der Waals surface area contributed by atoms with E-state index in [9.17, 15) is 13.2 Å². The summed E-state index contributed by atoms with van der Waals surface area (Å²) in [6.45, 7) is 0. The molecule has 1 aromatic carbocycles. The molecule has 14 heavy (non-hydrogen) atoms. The maximum atomic E-state index is 12.1. The van der Waals surface area contributed by atoms with Gasteiger partial charge in [-0.15, -0.1) is 0 Å². The molecule has 0 aliphatic heterocycles. The molecule has 0 heterocycles. The smallest absolute Gasteiger partial charge is 0.411 e. The van der Waals surface area contributed by atoms with Crippen molar-refractivity contribution < 1.29 is 18.4 Å². The Labute approximate surface area is 78.7 Å². The zero-order valence-electron chi connectivity index (χ0n) is 7.12. The van der Waals surface area contributed by atoms with Crippen molar-refractivity contribution in [1.29, 1.82) is 0 Å². The lowest BCUT2D eigenvalue weighted by Gasteiger charge is -2.07. The second-order valence-corrected chi connectivity index (χ2v) is 2.71. The van der Waals surface area contributed by atoms with Crippen molar-refractivity contribution in [3.63, 3.8) is 0 Å². The molecule has 5 heteroatoms. The van der Waals surface area contributed by atoms with Gasteiger partial charge in [0.25, 0.3) is 0 Å². The topological polar surface area (TPSA) is 32.6 Å². The number of oxime groups is 1. The van der Waals surface area contributed by atoms with Crippen LogP contribution in [0.15, 0.2) is 35.5 Å². The van der Waals surface area contributed by atoms with Crippen molar-refractivity contribution in [2.24, 2.45) is 5.16 Å². The highest BCUT2D eigenvalue weighted by Gasteiger charge is 2.36. The second-order valence-electron chi connectivity index (χ2n) is 2.71. The van der Waals surface area contributed by atoms with Crippen LogP contribution in [0.1, 0.15) is 5.56 Å². The quantitative estimate of drug-likeness (QED) is 0.447. The Hall–Kier alpha value is -1.52. The van der Waals surface area contributed by atoms with Crippen LogP contribution in [-0.4, -0.2) is 17.1 Å². The van der Waals surface area contributed by atoms with E-state index in [0.717, 1.165) is 0 Å². The van der Waals surface area contributed by atoms with Crippen LogP contribution in [0.4, 0.5) is 13.2 Å². The van der Waals surface area contributed by atoms with Gasteiger partial charge in [0.05, 0.1) is 0 Å². The van der Waals surface area contributed by atoms with Crippen LogP contribution in [0.3, 0.4) is 0 Å². The SMILES string of the molecule is O/N=C(/Cc1ccccc1)C(F)(F)F. The number of alkyl halides is 3. The van der Waals surface area contributed by atoms with Gasteiger partial charge in [-0.25, -0.2) is 0 Å². The second kappa shape index (κ2) is 4.13. The first-order valence-electron chi connectivity index (χ1n) is 3.86. The summed E-state index contributed by atoms with van der Waals surface area (Å²) in [5, 5.41) is 10.4. The van der Waals surface area contributed by atoms with Crippen molar-refractivity contribution in [2.75, 3.05) is 0 Å². The Morgan fingerprint density at radius 3 is 2.21 bits per heavy atom. The first kappa shape index (κ1) is 10.6. The van der Waals surface area contributed by atoms with Gasteiger partial charge in [0.1, 0.15) is 0 Å². The molecular formula is C9H8F3NO. The van der Waals surface area contributed by atoms with Gasteiger partial charge in [-0.1, -0.05) is 35.5 Å².